The summed E-state index contributed by atoms with van der Waals surface area (Å²) in [6, 6.07) is 7.82. The number of nitrogens with zero attached hydrogens (tertiary/aromatic N) is 2. The molecule has 0 aliphatic heterocycles. The fraction of sp³-hybridized carbons (Fsp3) is 0.286. The molecule has 2 aromatic rings. The van der Waals surface area contributed by atoms with Crippen molar-refractivity contribution in [2.24, 2.45) is 0 Å². The Bertz CT molecular complexity index is 673. The minimum Gasteiger partial charge on any atom is -0.383 e. The quantitative estimate of drug-likeness (QED) is 0.850. The van der Waals surface area contributed by atoms with Crippen LogP contribution >= 0.6 is 15.9 Å². The molecule has 1 N–H and O–H groups in total. The van der Waals surface area contributed by atoms with Gasteiger partial charge in [-0.2, -0.15) is 5.26 Å². The molecule has 0 saturated heterocycles. The van der Waals surface area contributed by atoms with E-state index in [4.69, 9.17) is 10.00 Å². The van der Waals surface area contributed by atoms with Crippen LogP contribution in [0.2, 0.25) is 0 Å². The monoisotopic (exact) mass is 335 g/mol. The molecular formula is C14H14BrN3O2. The maximum absolute atomic E-state index is 11.8. The van der Waals surface area contributed by atoms with E-state index in [-0.39, 0.29) is 12.5 Å². The van der Waals surface area contributed by atoms with E-state index in [1.807, 2.05) is 18.2 Å². The van der Waals surface area contributed by atoms with Gasteiger partial charge in [-0.3, -0.25) is 4.79 Å². The van der Waals surface area contributed by atoms with E-state index < -0.39 is 0 Å². The van der Waals surface area contributed by atoms with Crippen LogP contribution in [0.4, 0.5) is 0 Å². The molecule has 0 bridgehead atoms. The molecule has 1 aromatic heterocycles. The van der Waals surface area contributed by atoms with Crippen LogP contribution in [-0.4, -0.2) is 30.7 Å². The Hall–Kier alpha value is -1.84. The Kier molecular flexibility index (Phi) is 4.77. The van der Waals surface area contributed by atoms with Gasteiger partial charge in [0.1, 0.15) is 12.6 Å². The van der Waals surface area contributed by atoms with Crippen molar-refractivity contribution in [2.75, 3.05) is 20.3 Å². The van der Waals surface area contributed by atoms with Crippen LogP contribution in [0.3, 0.4) is 0 Å². The first-order valence-electron chi connectivity index (χ1n) is 6.10. The molecule has 104 valence electrons. The molecule has 1 aromatic carbocycles. The Morgan fingerprint density at radius 1 is 1.55 bits per heavy atom. The van der Waals surface area contributed by atoms with Crippen LogP contribution in [0.25, 0.3) is 10.9 Å². The summed E-state index contributed by atoms with van der Waals surface area (Å²) in [6.07, 6.45) is 1.70. The Labute approximate surface area is 125 Å². The Morgan fingerprint density at radius 2 is 2.35 bits per heavy atom. The average Bonchev–Trinajstić information content (AvgIpc) is 2.76. The van der Waals surface area contributed by atoms with Crippen LogP contribution in [0, 0.1) is 11.3 Å². The topological polar surface area (TPSA) is 67.0 Å². The highest BCUT2D eigenvalue weighted by molar-refractivity contribution is 9.10. The number of hydrogen-bond acceptors (Lipinski definition) is 3. The van der Waals surface area contributed by atoms with E-state index in [1.54, 1.807) is 17.9 Å². The lowest BCUT2D eigenvalue weighted by Crippen LogP contribution is -2.30. The summed E-state index contributed by atoms with van der Waals surface area (Å²) >= 11 is 3.39. The molecule has 0 spiro atoms. The zero-order chi connectivity index (χ0) is 14.5. The number of nitrogens with one attached hydrogen (secondary N) is 1. The van der Waals surface area contributed by atoms with Crippen molar-refractivity contribution in [3.05, 3.63) is 34.4 Å². The second kappa shape index (κ2) is 6.55. The molecule has 0 atom stereocenters. The molecule has 0 fully saturated rings. The van der Waals surface area contributed by atoms with Crippen LogP contribution in [0.1, 0.15) is 5.56 Å². The fourth-order valence-corrected chi connectivity index (χ4v) is 2.35. The Balaban J connectivity index is 2.22. The SMILES string of the molecule is COCCNC(=O)Cn1cc(C#N)c2cc(Br)ccc21. The number of amides is 1. The number of rotatable bonds is 5. The van der Waals surface area contributed by atoms with Gasteiger partial charge >= 0.3 is 0 Å². The predicted molar refractivity (Wildman–Crippen MR) is 79.2 cm³/mol. The van der Waals surface area contributed by atoms with Gasteiger partial charge in [0, 0.05) is 35.2 Å². The third-order valence-electron chi connectivity index (χ3n) is 2.91. The number of carbonyl (C=O) groups is 1. The largest absolute Gasteiger partial charge is 0.383 e. The van der Waals surface area contributed by atoms with Gasteiger partial charge < -0.3 is 14.6 Å². The molecule has 0 saturated carbocycles. The number of methoxy groups -OCH3 is 1. The van der Waals surface area contributed by atoms with Crippen molar-refractivity contribution in [1.82, 2.24) is 9.88 Å². The maximum Gasteiger partial charge on any atom is 0.240 e. The molecule has 2 rings (SSSR count). The zero-order valence-electron chi connectivity index (χ0n) is 11.0. The fourth-order valence-electron chi connectivity index (χ4n) is 1.99. The molecule has 0 aliphatic rings. The van der Waals surface area contributed by atoms with Gasteiger partial charge in [0.15, 0.2) is 0 Å². The summed E-state index contributed by atoms with van der Waals surface area (Å²) in [4.78, 5) is 11.8. The minimum absolute atomic E-state index is 0.105. The number of fused-ring (bicyclic) bond motifs is 1. The lowest BCUT2D eigenvalue weighted by atomic mass is 10.2. The summed E-state index contributed by atoms with van der Waals surface area (Å²) in [6.45, 7) is 1.14. The van der Waals surface area contributed by atoms with Crippen molar-refractivity contribution in [3.8, 4) is 6.07 Å². The number of halogens is 1. The average molecular weight is 336 g/mol. The smallest absolute Gasteiger partial charge is 0.240 e. The van der Waals surface area contributed by atoms with Crippen molar-refractivity contribution in [1.29, 1.82) is 5.26 Å². The third kappa shape index (κ3) is 3.18. The summed E-state index contributed by atoms with van der Waals surface area (Å²) in [5, 5.41) is 12.7. The van der Waals surface area contributed by atoms with Crippen LogP contribution < -0.4 is 5.32 Å². The van der Waals surface area contributed by atoms with Gasteiger partial charge in [0.25, 0.3) is 0 Å². The van der Waals surface area contributed by atoms with E-state index in [9.17, 15) is 4.79 Å². The number of aromatic nitrogens is 1. The van der Waals surface area contributed by atoms with Gasteiger partial charge in [-0.1, -0.05) is 15.9 Å². The van der Waals surface area contributed by atoms with E-state index >= 15 is 0 Å². The van der Waals surface area contributed by atoms with Crippen molar-refractivity contribution >= 4 is 32.7 Å². The molecule has 1 amide bonds. The lowest BCUT2D eigenvalue weighted by molar-refractivity contribution is -0.121. The molecule has 1 heterocycles. The molecule has 0 unspecified atom stereocenters. The first-order valence-corrected chi connectivity index (χ1v) is 6.89. The summed E-state index contributed by atoms with van der Waals surface area (Å²) in [5.74, 6) is -0.105. The highest BCUT2D eigenvalue weighted by Gasteiger charge is 2.11. The summed E-state index contributed by atoms with van der Waals surface area (Å²) < 4.78 is 7.56. The summed E-state index contributed by atoms with van der Waals surface area (Å²) in [7, 11) is 1.59. The highest BCUT2D eigenvalue weighted by Crippen LogP contribution is 2.24. The van der Waals surface area contributed by atoms with Crippen LogP contribution in [-0.2, 0) is 16.1 Å². The molecule has 20 heavy (non-hydrogen) atoms. The van der Waals surface area contributed by atoms with Gasteiger partial charge in [0.05, 0.1) is 12.2 Å². The molecule has 6 heteroatoms. The Morgan fingerprint density at radius 3 is 3.05 bits per heavy atom. The highest BCUT2D eigenvalue weighted by atomic mass is 79.9. The normalized spacial score (nSPS) is 10.4. The van der Waals surface area contributed by atoms with Gasteiger partial charge in [-0.25, -0.2) is 0 Å². The summed E-state index contributed by atoms with van der Waals surface area (Å²) in [5.41, 5.74) is 1.43. The molecule has 0 radical (unpaired) electrons. The third-order valence-corrected chi connectivity index (χ3v) is 3.40. The molecular weight excluding hydrogens is 322 g/mol. The van der Waals surface area contributed by atoms with Crippen molar-refractivity contribution < 1.29 is 9.53 Å². The number of hydrogen-bond donors (Lipinski definition) is 1. The van der Waals surface area contributed by atoms with Gasteiger partial charge in [-0.05, 0) is 18.2 Å². The number of carbonyl (C=O) groups excluding carboxylic acids is 1. The van der Waals surface area contributed by atoms with E-state index in [0.717, 1.165) is 15.4 Å². The van der Waals surface area contributed by atoms with Crippen LogP contribution in [0.5, 0.6) is 0 Å². The van der Waals surface area contributed by atoms with E-state index in [2.05, 4.69) is 27.3 Å². The number of benzene rings is 1. The first kappa shape index (κ1) is 14.6. The second-order valence-electron chi connectivity index (χ2n) is 4.29. The van der Waals surface area contributed by atoms with Gasteiger partial charge in [-0.15, -0.1) is 0 Å². The number of ether oxygens (including phenoxy) is 1. The lowest BCUT2D eigenvalue weighted by Gasteiger charge is -2.06. The van der Waals surface area contributed by atoms with Crippen molar-refractivity contribution in [3.63, 3.8) is 0 Å². The van der Waals surface area contributed by atoms with Crippen molar-refractivity contribution in [2.45, 2.75) is 6.54 Å². The maximum atomic E-state index is 11.8. The minimum atomic E-state index is -0.105. The number of nitriles is 1. The first-order chi connectivity index (χ1) is 9.65. The van der Waals surface area contributed by atoms with E-state index in [1.165, 1.54) is 0 Å². The predicted octanol–water partition coefficient (Wildman–Crippen LogP) is 2.04. The molecule has 5 nitrogen and oxygen atoms in total. The molecule has 0 aliphatic carbocycles. The standard InChI is InChI=1S/C14H14BrN3O2/c1-20-5-4-17-14(19)9-18-8-10(7-16)12-6-11(15)2-3-13(12)18/h2-3,6,8H,4-5,9H2,1H3,(H,17,19). The van der Waals surface area contributed by atoms with Crippen LogP contribution in [0.15, 0.2) is 28.9 Å². The van der Waals surface area contributed by atoms with E-state index in [0.29, 0.717) is 18.7 Å². The second-order valence-corrected chi connectivity index (χ2v) is 5.20. The zero-order valence-corrected chi connectivity index (χ0v) is 12.6. The van der Waals surface area contributed by atoms with Gasteiger partial charge in [0.2, 0.25) is 5.91 Å².